The Kier molecular flexibility index (Phi) is 3.06. The third-order valence-electron chi connectivity index (χ3n) is 4.43. The first-order valence-electron chi connectivity index (χ1n) is 6.90. The first-order chi connectivity index (χ1) is 8.74. The summed E-state index contributed by atoms with van der Waals surface area (Å²) in [5, 5.41) is 3.66. The van der Waals surface area contributed by atoms with Crippen molar-refractivity contribution in [3.8, 4) is 11.5 Å². The molecule has 3 unspecified atom stereocenters. The molecule has 98 valence electrons. The Bertz CT molecular complexity index is 433. The molecule has 1 aliphatic heterocycles. The second-order valence-corrected chi connectivity index (χ2v) is 5.59. The molecule has 0 radical (unpaired) electrons. The SMILES string of the molecule is CC1CCCC(Nc2ccc3c(c2)OCO3)C1C. The van der Waals surface area contributed by atoms with Crippen molar-refractivity contribution in [2.24, 2.45) is 11.8 Å². The summed E-state index contributed by atoms with van der Waals surface area (Å²) in [6, 6.07) is 6.70. The summed E-state index contributed by atoms with van der Waals surface area (Å²) in [4.78, 5) is 0. The standard InChI is InChI=1S/C15H21NO2/c1-10-4-3-5-13(11(10)2)16-12-6-7-14-15(8-12)18-9-17-14/h6-8,10-11,13,16H,3-5,9H2,1-2H3. The molecule has 18 heavy (non-hydrogen) atoms. The van der Waals surface area contributed by atoms with Crippen LogP contribution in [0.1, 0.15) is 33.1 Å². The van der Waals surface area contributed by atoms with E-state index in [-0.39, 0.29) is 0 Å². The van der Waals surface area contributed by atoms with Crippen LogP contribution in [-0.2, 0) is 0 Å². The molecule has 2 aliphatic rings. The lowest BCUT2D eigenvalue weighted by atomic mass is 9.78. The van der Waals surface area contributed by atoms with Crippen LogP contribution in [0, 0.1) is 11.8 Å². The first kappa shape index (κ1) is 11.7. The number of rotatable bonds is 2. The number of fused-ring (bicyclic) bond motifs is 1. The van der Waals surface area contributed by atoms with Gasteiger partial charge in [0.15, 0.2) is 11.5 Å². The van der Waals surface area contributed by atoms with E-state index < -0.39 is 0 Å². The zero-order valence-corrected chi connectivity index (χ0v) is 11.1. The van der Waals surface area contributed by atoms with Crippen molar-refractivity contribution in [3.05, 3.63) is 18.2 Å². The molecule has 3 heteroatoms. The number of benzene rings is 1. The highest BCUT2D eigenvalue weighted by Crippen LogP contribution is 2.36. The molecule has 1 aromatic carbocycles. The molecule has 1 N–H and O–H groups in total. The highest BCUT2D eigenvalue weighted by atomic mass is 16.7. The fraction of sp³-hybridized carbons (Fsp3) is 0.600. The minimum Gasteiger partial charge on any atom is -0.454 e. The Morgan fingerprint density at radius 2 is 1.94 bits per heavy atom. The largest absolute Gasteiger partial charge is 0.454 e. The van der Waals surface area contributed by atoms with E-state index in [1.165, 1.54) is 19.3 Å². The average molecular weight is 247 g/mol. The maximum Gasteiger partial charge on any atom is 0.231 e. The predicted octanol–water partition coefficient (Wildman–Crippen LogP) is 3.65. The molecule has 3 nitrogen and oxygen atoms in total. The molecule has 0 saturated heterocycles. The zero-order valence-electron chi connectivity index (χ0n) is 11.1. The van der Waals surface area contributed by atoms with E-state index in [9.17, 15) is 0 Å². The summed E-state index contributed by atoms with van der Waals surface area (Å²) in [7, 11) is 0. The predicted molar refractivity (Wildman–Crippen MR) is 72.2 cm³/mol. The highest BCUT2D eigenvalue weighted by molar-refractivity contribution is 5.56. The van der Waals surface area contributed by atoms with Gasteiger partial charge in [-0.3, -0.25) is 0 Å². The Labute approximate surface area is 108 Å². The summed E-state index contributed by atoms with van der Waals surface area (Å²) in [6.07, 6.45) is 3.95. The van der Waals surface area contributed by atoms with Gasteiger partial charge < -0.3 is 14.8 Å². The van der Waals surface area contributed by atoms with Crippen LogP contribution in [0.4, 0.5) is 5.69 Å². The van der Waals surface area contributed by atoms with E-state index in [0.29, 0.717) is 12.8 Å². The molecular formula is C15H21NO2. The quantitative estimate of drug-likeness (QED) is 0.865. The second-order valence-electron chi connectivity index (χ2n) is 5.59. The van der Waals surface area contributed by atoms with Crippen LogP contribution in [0.15, 0.2) is 18.2 Å². The van der Waals surface area contributed by atoms with Gasteiger partial charge in [-0.25, -0.2) is 0 Å². The van der Waals surface area contributed by atoms with Gasteiger partial charge in [-0.15, -0.1) is 0 Å². The van der Waals surface area contributed by atoms with Gasteiger partial charge in [0.05, 0.1) is 0 Å². The Balaban J connectivity index is 1.72. The van der Waals surface area contributed by atoms with E-state index >= 15 is 0 Å². The minimum absolute atomic E-state index is 0.343. The molecule has 0 bridgehead atoms. The normalized spacial score (nSPS) is 30.2. The monoisotopic (exact) mass is 247 g/mol. The van der Waals surface area contributed by atoms with Gasteiger partial charge in [0.25, 0.3) is 0 Å². The Hall–Kier alpha value is -1.38. The number of anilines is 1. The topological polar surface area (TPSA) is 30.5 Å². The van der Waals surface area contributed by atoms with E-state index in [2.05, 4.69) is 25.2 Å². The molecule has 1 heterocycles. The fourth-order valence-electron chi connectivity index (χ4n) is 2.99. The molecule has 0 aromatic heterocycles. The summed E-state index contributed by atoms with van der Waals surface area (Å²) < 4.78 is 10.7. The van der Waals surface area contributed by atoms with Gasteiger partial charge in [-0.1, -0.05) is 26.7 Å². The zero-order chi connectivity index (χ0) is 12.5. The van der Waals surface area contributed by atoms with Crippen LogP contribution >= 0.6 is 0 Å². The van der Waals surface area contributed by atoms with E-state index in [1.807, 2.05) is 12.1 Å². The van der Waals surface area contributed by atoms with Crippen LogP contribution in [-0.4, -0.2) is 12.8 Å². The summed E-state index contributed by atoms with van der Waals surface area (Å²) in [5.41, 5.74) is 1.14. The van der Waals surface area contributed by atoms with Crippen molar-refractivity contribution in [1.29, 1.82) is 0 Å². The lowest BCUT2D eigenvalue weighted by molar-refractivity contribution is 0.174. The van der Waals surface area contributed by atoms with E-state index in [0.717, 1.165) is 29.0 Å². The van der Waals surface area contributed by atoms with Gasteiger partial charge in [0.1, 0.15) is 0 Å². The van der Waals surface area contributed by atoms with Crippen molar-refractivity contribution in [1.82, 2.24) is 0 Å². The number of hydrogen-bond acceptors (Lipinski definition) is 3. The maximum absolute atomic E-state index is 5.41. The summed E-state index contributed by atoms with van der Waals surface area (Å²) in [6.45, 7) is 5.06. The fourth-order valence-corrected chi connectivity index (χ4v) is 2.99. The molecule has 1 fully saturated rings. The van der Waals surface area contributed by atoms with Crippen molar-refractivity contribution in [2.75, 3.05) is 12.1 Å². The Morgan fingerprint density at radius 1 is 1.11 bits per heavy atom. The molecule has 1 saturated carbocycles. The van der Waals surface area contributed by atoms with Crippen LogP contribution in [0.5, 0.6) is 11.5 Å². The van der Waals surface area contributed by atoms with Gasteiger partial charge >= 0.3 is 0 Å². The van der Waals surface area contributed by atoms with E-state index in [4.69, 9.17) is 9.47 Å². The van der Waals surface area contributed by atoms with Crippen molar-refractivity contribution >= 4 is 5.69 Å². The summed E-state index contributed by atoms with van der Waals surface area (Å²) in [5.74, 6) is 3.25. The minimum atomic E-state index is 0.343. The number of nitrogens with one attached hydrogen (secondary N) is 1. The lowest BCUT2D eigenvalue weighted by Gasteiger charge is -2.35. The molecule has 0 amide bonds. The van der Waals surface area contributed by atoms with Crippen molar-refractivity contribution < 1.29 is 9.47 Å². The maximum atomic E-state index is 5.41. The average Bonchev–Trinajstić information content (AvgIpc) is 2.82. The van der Waals surface area contributed by atoms with Gasteiger partial charge in [-0.05, 0) is 30.4 Å². The Morgan fingerprint density at radius 3 is 2.83 bits per heavy atom. The molecule has 0 spiro atoms. The second kappa shape index (κ2) is 4.71. The van der Waals surface area contributed by atoms with Crippen LogP contribution < -0.4 is 14.8 Å². The van der Waals surface area contributed by atoms with Crippen LogP contribution in [0.25, 0.3) is 0 Å². The smallest absolute Gasteiger partial charge is 0.231 e. The summed E-state index contributed by atoms with van der Waals surface area (Å²) >= 11 is 0. The molecule has 1 aromatic rings. The first-order valence-corrected chi connectivity index (χ1v) is 6.90. The van der Waals surface area contributed by atoms with Gasteiger partial charge in [-0.2, -0.15) is 0 Å². The van der Waals surface area contributed by atoms with Crippen molar-refractivity contribution in [2.45, 2.75) is 39.2 Å². The third kappa shape index (κ3) is 2.14. The highest BCUT2D eigenvalue weighted by Gasteiger charge is 2.27. The van der Waals surface area contributed by atoms with Crippen molar-refractivity contribution in [3.63, 3.8) is 0 Å². The van der Waals surface area contributed by atoms with Crippen LogP contribution in [0.2, 0.25) is 0 Å². The number of hydrogen-bond donors (Lipinski definition) is 1. The van der Waals surface area contributed by atoms with Gasteiger partial charge in [0, 0.05) is 17.8 Å². The lowest BCUT2D eigenvalue weighted by Crippen LogP contribution is -2.34. The molecule has 1 aliphatic carbocycles. The number of ether oxygens (including phenoxy) is 2. The molecular weight excluding hydrogens is 226 g/mol. The van der Waals surface area contributed by atoms with Gasteiger partial charge in [0.2, 0.25) is 6.79 Å². The van der Waals surface area contributed by atoms with E-state index in [1.54, 1.807) is 0 Å². The third-order valence-corrected chi connectivity index (χ3v) is 4.43. The molecule has 3 atom stereocenters. The molecule has 3 rings (SSSR count). The van der Waals surface area contributed by atoms with Crippen LogP contribution in [0.3, 0.4) is 0 Å².